The average Bonchev–Trinajstić information content (AvgIpc) is 2.78. The van der Waals surface area contributed by atoms with E-state index in [0.717, 1.165) is 17.7 Å². The van der Waals surface area contributed by atoms with Gasteiger partial charge in [-0.05, 0) is 42.3 Å². The van der Waals surface area contributed by atoms with Gasteiger partial charge in [0, 0.05) is 6.42 Å². The summed E-state index contributed by atoms with van der Waals surface area (Å²) < 4.78 is 48.8. The first-order valence-electron chi connectivity index (χ1n) is 10.3. The third-order valence-corrected chi connectivity index (χ3v) is 5.43. The summed E-state index contributed by atoms with van der Waals surface area (Å²) in [5, 5.41) is 8.69. The van der Waals surface area contributed by atoms with Crippen molar-refractivity contribution in [3.05, 3.63) is 59.2 Å². The van der Waals surface area contributed by atoms with Crippen molar-refractivity contribution in [3.63, 3.8) is 0 Å². The standard InChI is InChI=1S/C23H26F3N3O4/c1-13(15-5-7-16(8-6-15)23(24,25)26)27-22(31)17-12-21(30)29-20(28-17)11-14-4-9-18(32-2)19(10-14)33-3/h4-10,13,17,20,28H,11-12H2,1-3H3,(H,27,31)(H,29,30)/t13-,17?,20?/m1/s1. The fraction of sp³-hybridized carbons (Fsp3) is 0.391. The van der Waals surface area contributed by atoms with Crippen LogP contribution in [0.2, 0.25) is 0 Å². The molecule has 0 bridgehead atoms. The van der Waals surface area contributed by atoms with Crippen LogP contribution in [0, 0.1) is 0 Å². The van der Waals surface area contributed by atoms with Gasteiger partial charge in [-0.2, -0.15) is 13.2 Å². The third kappa shape index (κ3) is 6.16. The van der Waals surface area contributed by atoms with Crippen molar-refractivity contribution in [3.8, 4) is 11.5 Å². The van der Waals surface area contributed by atoms with Crippen LogP contribution in [0.25, 0.3) is 0 Å². The van der Waals surface area contributed by atoms with Gasteiger partial charge >= 0.3 is 6.18 Å². The molecule has 0 radical (unpaired) electrons. The van der Waals surface area contributed by atoms with E-state index < -0.39 is 35.9 Å². The highest BCUT2D eigenvalue weighted by atomic mass is 19.4. The van der Waals surface area contributed by atoms with Crippen molar-refractivity contribution in [2.45, 2.75) is 44.2 Å². The number of hydrogen-bond acceptors (Lipinski definition) is 5. The lowest BCUT2D eigenvalue weighted by atomic mass is 10.0. The number of nitrogens with one attached hydrogen (secondary N) is 3. The van der Waals surface area contributed by atoms with Crippen molar-refractivity contribution in [1.82, 2.24) is 16.0 Å². The van der Waals surface area contributed by atoms with Crippen LogP contribution in [-0.4, -0.2) is 38.2 Å². The van der Waals surface area contributed by atoms with Gasteiger partial charge in [-0.25, -0.2) is 0 Å². The maximum Gasteiger partial charge on any atom is 0.416 e. The molecule has 0 spiro atoms. The smallest absolute Gasteiger partial charge is 0.416 e. The molecule has 1 aliphatic rings. The topological polar surface area (TPSA) is 88.7 Å². The maximum atomic E-state index is 12.8. The van der Waals surface area contributed by atoms with Crippen molar-refractivity contribution in [1.29, 1.82) is 0 Å². The molecule has 1 fully saturated rings. The lowest BCUT2D eigenvalue weighted by Crippen LogP contribution is -2.61. The monoisotopic (exact) mass is 465 g/mol. The molecule has 2 aromatic rings. The highest BCUT2D eigenvalue weighted by Crippen LogP contribution is 2.30. The first kappa shape index (κ1) is 24.4. The van der Waals surface area contributed by atoms with Crippen LogP contribution in [0.4, 0.5) is 13.2 Å². The third-order valence-electron chi connectivity index (χ3n) is 5.43. The number of ether oxygens (including phenoxy) is 2. The molecule has 0 aliphatic carbocycles. The number of alkyl halides is 3. The van der Waals surface area contributed by atoms with E-state index in [1.807, 2.05) is 6.07 Å². The number of hydrogen-bond donors (Lipinski definition) is 3. The molecule has 1 heterocycles. The highest BCUT2D eigenvalue weighted by molar-refractivity contribution is 5.89. The molecule has 3 rings (SSSR count). The van der Waals surface area contributed by atoms with Gasteiger partial charge in [-0.3, -0.25) is 14.9 Å². The van der Waals surface area contributed by atoms with Crippen molar-refractivity contribution >= 4 is 11.8 Å². The molecule has 2 amide bonds. The number of amides is 2. The van der Waals surface area contributed by atoms with Crippen LogP contribution < -0.4 is 25.4 Å². The Morgan fingerprint density at radius 3 is 2.39 bits per heavy atom. The van der Waals surface area contributed by atoms with Gasteiger partial charge in [0.2, 0.25) is 11.8 Å². The molecular weight excluding hydrogens is 439 g/mol. The zero-order valence-corrected chi connectivity index (χ0v) is 18.5. The quantitative estimate of drug-likeness (QED) is 0.585. The predicted molar refractivity (Wildman–Crippen MR) is 115 cm³/mol. The van der Waals surface area contributed by atoms with Crippen LogP contribution >= 0.6 is 0 Å². The molecule has 1 saturated heterocycles. The second kappa shape index (κ2) is 10.1. The normalized spacial score (nSPS) is 19.4. The minimum absolute atomic E-state index is 0.0476. The molecule has 2 aromatic carbocycles. The van der Waals surface area contributed by atoms with Crippen LogP contribution in [-0.2, 0) is 22.2 Å². The van der Waals surface area contributed by atoms with E-state index in [1.165, 1.54) is 26.4 Å². The van der Waals surface area contributed by atoms with E-state index in [0.29, 0.717) is 23.5 Å². The molecule has 1 aliphatic heterocycles. The Bertz CT molecular complexity index is 995. The molecule has 3 atom stereocenters. The SMILES string of the molecule is COc1ccc(CC2NC(=O)CC(C(=O)N[C@H](C)c3ccc(C(F)(F)F)cc3)N2)cc1OC. The van der Waals surface area contributed by atoms with Crippen molar-refractivity contribution in [2.75, 3.05) is 14.2 Å². The second-order valence-corrected chi connectivity index (χ2v) is 7.79. The number of rotatable bonds is 7. The molecule has 7 nitrogen and oxygen atoms in total. The van der Waals surface area contributed by atoms with Gasteiger partial charge in [0.15, 0.2) is 11.5 Å². The predicted octanol–water partition coefficient (Wildman–Crippen LogP) is 2.95. The Morgan fingerprint density at radius 1 is 1.12 bits per heavy atom. The Hall–Kier alpha value is -3.27. The molecule has 10 heteroatoms. The van der Waals surface area contributed by atoms with Crippen molar-refractivity contribution in [2.24, 2.45) is 0 Å². The molecule has 0 saturated carbocycles. The number of carbonyl (C=O) groups excluding carboxylic acids is 2. The molecule has 3 N–H and O–H groups in total. The molecule has 33 heavy (non-hydrogen) atoms. The second-order valence-electron chi connectivity index (χ2n) is 7.79. The summed E-state index contributed by atoms with van der Waals surface area (Å²) in [7, 11) is 3.07. The minimum Gasteiger partial charge on any atom is -0.493 e. The van der Waals surface area contributed by atoms with Crippen LogP contribution in [0.15, 0.2) is 42.5 Å². The number of benzene rings is 2. The molecule has 2 unspecified atom stereocenters. The summed E-state index contributed by atoms with van der Waals surface area (Å²) in [6, 6.07) is 8.69. The first-order valence-corrected chi connectivity index (χ1v) is 10.3. The van der Waals surface area contributed by atoms with Crippen LogP contribution in [0.1, 0.15) is 36.1 Å². The molecular formula is C23H26F3N3O4. The largest absolute Gasteiger partial charge is 0.493 e. The van der Waals surface area contributed by atoms with E-state index in [2.05, 4.69) is 16.0 Å². The van der Waals surface area contributed by atoms with E-state index >= 15 is 0 Å². The Morgan fingerprint density at radius 2 is 1.79 bits per heavy atom. The van der Waals surface area contributed by atoms with Crippen LogP contribution in [0.5, 0.6) is 11.5 Å². The summed E-state index contributed by atoms with van der Waals surface area (Å²) >= 11 is 0. The summed E-state index contributed by atoms with van der Waals surface area (Å²) in [5.41, 5.74) is 0.636. The van der Waals surface area contributed by atoms with E-state index in [1.54, 1.807) is 19.1 Å². The Kier molecular flexibility index (Phi) is 7.47. The lowest BCUT2D eigenvalue weighted by molar-refractivity contribution is -0.137. The summed E-state index contributed by atoms with van der Waals surface area (Å²) in [4.78, 5) is 25.0. The summed E-state index contributed by atoms with van der Waals surface area (Å²) in [6.07, 6.45) is -4.55. The van der Waals surface area contributed by atoms with Gasteiger partial charge in [0.05, 0.1) is 44.5 Å². The van der Waals surface area contributed by atoms with E-state index in [9.17, 15) is 22.8 Å². The lowest BCUT2D eigenvalue weighted by Gasteiger charge is -2.32. The first-order chi connectivity index (χ1) is 15.6. The van der Waals surface area contributed by atoms with Gasteiger partial charge < -0.3 is 20.1 Å². The zero-order valence-electron chi connectivity index (χ0n) is 18.5. The fourth-order valence-electron chi connectivity index (χ4n) is 3.66. The van der Waals surface area contributed by atoms with Crippen LogP contribution in [0.3, 0.4) is 0 Å². The van der Waals surface area contributed by atoms with Gasteiger partial charge in [-0.1, -0.05) is 18.2 Å². The average molecular weight is 465 g/mol. The zero-order chi connectivity index (χ0) is 24.2. The number of halogens is 3. The van der Waals surface area contributed by atoms with Gasteiger partial charge in [0.25, 0.3) is 0 Å². The maximum absolute atomic E-state index is 12.8. The highest BCUT2D eigenvalue weighted by Gasteiger charge is 2.32. The molecule has 0 aromatic heterocycles. The number of carbonyl (C=O) groups is 2. The fourth-order valence-corrected chi connectivity index (χ4v) is 3.66. The molecule has 178 valence electrons. The van der Waals surface area contributed by atoms with E-state index in [-0.39, 0.29) is 12.3 Å². The van der Waals surface area contributed by atoms with E-state index in [4.69, 9.17) is 9.47 Å². The Balaban J connectivity index is 1.63. The Labute approximate surface area is 189 Å². The minimum atomic E-state index is -4.42. The number of methoxy groups -OCH3 is 2. The van der Waals surface area contributed by atoms with Crippen molar-refractivity contribution < 1.29 is 32.2 Å². The summed E-state index contributed by atoms with van der Waals surface area (Å²) in [6.45, 7) is 1.67. The van der Waals surface area contributed by atoms with Gasteiger partial charge in [0.1, 0.15) is 0 Å². The summed E-state index contributed by atoms with van der Waals surface area (Å²) in [5.74, 6) is 0.448. The van der Waals surface area contributed by atoms with Gasteiger partial charge in [-0.15, -0.1) is 0 Å².